The van der Waals surface area contributed by atoms with Crippen LogP contribution in [-0.2, 0) is 14.6 Å². The second-order valence-corrected chi connectivity index (χ2v) is 13.2. The van der Waals surface area contributed by atoms with E-state index in [0.29, 0.717) is 31.4 Å². The van der Waals surface area contributed by atoms with Gasteiger partial charge in [0.2, 0.25) is 0 Å². The van der Waals surface area contributed by atoms with Crippen LogP contribution in [0.25, 0.3) is 0 Å². The number of fused-ring (bicyclic) bond motifs is 2. The van der Waals surface area contributed by atoms with E-state index in [-0.39, 0.29) is 64.0 Å². The maximum absolute atomic E-state index is 13.7. The van der Waals surface area contributed by atoms with Crippen LogP contribution >= 0.6 is 11.6 Å². The van der Waals surface area contributed by atoms with Gasteiger partial charge in [0.25, 0.3) is 5.91 Å². The van der Waals surface area contributed by atoms with E-state index in [1.807, 2.05) is 0 Å². The minimum absolute atomic E-state index is 0.0561. The molecule has 2 aliphatic carbocycles. The average molecular weight is 572 g/mol. The minimum Gasteiger partial charge on any atom is -0.389 e. The molecule has 2 saturated carbocycles. The molecule has 0 radical (unpaired) electrons. The lowest BCUT2D eigenvalue weighted by atomic mass is 9.71. The van der Waals surface area contributed by atoms with Crippen LogP contribution < -0.4 is 5.32 Å². The number of anilines is 1. The van der Waals surface area contributed by atoms with Crippen LogP contribution in [0.2, 0.25) is 5.02 Å². The second kappa shape index (κ2) is 10.6. The second-order valence-electron chi connectivity index (χ2n) is 10.6. The highest BCUT2D eigenvalue weighted by atomic mass is 35.5. The normalized spacial score (nSPS) is 25.0. The van der Waals surface area contributed by atoms with Crippen molar-refractivity contribution in [3.8, 4) is 0 Å². The highest BCUT2D eigenvalue weighted by molar-refractivity contribution is 7.92. The molecular formula is C27H29ClF3NO5S. The van der Waals surface area contributed by atoms with Crippen LogP contribution in [0.3, 0.4) is 0 Å². The van der Waals surface area contributed by atoms with Crippen molar-refractivity contribution in [2.24, 2.45) is 17.8 Å². The summed E-state index contributed by atoms with van der Waals surface area (Å²) in [5.41, 5.74) is -1.56. The first-order valence-corrected chi connectivity index (χ1v) is 14.4. The number of carbonyl (C=O) groups is 2. The molecule has 206 valence electrons. The zero-order valence-corrected chi connectivity index (χ0v) is 22.5. The molecule has 2 aromatic rings. The molecule has 6 nitrogen and oxygen atoms in total. The van der Waals surface area contributed by atoms with Crippen LogP contribution in [0.4, 0.5) is 18.9 Å². The molecule has 2 bridgehead atoms. The number of hydrogen-bond acceptors (Lipinski definition) is 5. The highest BCUT2D eigenvalue weighted by Gasteiger charge is 2.55. The Hall–Kier alpha value is -2.43. The lowest BCUT2D eigenvalue weighted by Gasteiger charge is -2.42. The highest BCUT2D eigenvalue weighted by Crippen LogP contribution is 2.54. The van der Waals surface area contributed by atoms with Gasteiger partial charge in [0.05, 0.1) is 20.8 Å². The molecule has 0 heterocycles. The van der Waals surface area contributed by atoms with Gasteiger partial charge in [-0.15, -0.1) is 0 Å². The number of sulfone groups is 1. The van der Waals surface area contributed by atoms with Gasteiger partial charge < -0.3 is 10.4 Å². The number of rotatable bonds is 8. The Morgan fingerprint density at radius 3 is 2.21 bits per heavy atom. The van der Waals surface area contributed by atoms with Crippen molar-refractivity contribution in [3.63, 3.8) is 0 Å². The van der Waals surface area contributed by atoms with Gasteiger partial charge in [-0.2, -0.15) is 0 Å². The molecule has 2 aromatic carbocycles. The molecule has 0 aliphatic heterocycles. The Labute approximate surface area is 224 Å². The summed E-state index contributed by atoms with van der Waals surface area (Å²) >= 11 is 6.24. The number of halogens is 4. The lowest BCUT2D eigenvalue weighted by molar-refractivity contribution is -0.125. The van der Waals surface area contributed by atoms with Crippen LogP contribution in [0, 0.1) is 35.2 Å². The van der Waals surface area contributed by atoms with Crippen molar-refractivity contribution in [3.05, 3.63) is 58.4 Å². The van der Waals surface area contributed by atoms with Gasteiger partial charge in [0.15, 0.2) is 27.3 Å². The van der Waals surface area contributed by atoms with E-state index in [1.54, 1.807) is 13.8 Å². The summed E-state index contributed by atoms with van der Waals surface area (Å²) < 4.78 is 67.6. The largest absolute Gasteiger partial charge is 0.389 e. The number of hydrogen-bond donors (Lipinski definition) is 2. The molecule has 2 aliphatic rings. The van der Waals surface area contributed by atoms with Gasteiger partial charge in [-0.05, 0) is 62.1 Å². The van der Waals surface area contributed by atoms with Gasteiger partial charge in [-0.3, -0.25) is 9.59 Å². The molecule has 11 heteroatoms. The lowest BCUT2D eigenvalue weighted by Crippen LogP contribution is -2.48. The van der Waals surface area contributed by atoms with Gasteiger partial charge in [0.1, 0.15) is 5.78 Å². The zero-order chi connectivity index (χ0) is 28.0. The number of nitrogens with one attached hydrogen (secondary N) is 1. The van der Waals surface area contributed by atoms with Crippen LogP contribution in [-0.4, -0.2) is 36.1 Å². The Kier molecular flexibility index (Phi) is 7.99. The Morgan fingerprint density at radius 1 is 1.08 bits per heavy atom. The molecule has 0 saturated heterocycles. The van der Waals surface area contributed by atoms with E-state index < -0.39 is 44.0 Å². The van der Waals surface area contributed by atoms with Crippen molar-refractivity contribution in [1.82, 2.24) is 0 Å². The van der Waals surface area contributed by atoms with Gasteiger partial charge in [-0.25, -0.2) is 21.6 Å². The molecule has 2 N–H and O–H groups in total. The molecule has 0 aromatic heterocycles. The fraction of sp³-hybridized carbons (Fsp3) is 0.481. The van der Waals surface area contributed by atoms with Crippen molar-refractivity contribution in [1.29, 1.82) is 0 Å². The van der Waals surface area contributed by atoms with Crippen molar-refractivity contribution in [2.75, 3.05) is 5.32 Å². The predicted octanol–water partition coefficient (Wildman–Crippen LogP) is 5.71. The first kappa shape index (κ1) is 28.6. The summed E-state index contributed by atoms with van der Waals surface area (Å²) in [5, 5.41) is 12.7. The summed E-state index contributed by atoms with van der Waals surface area (Å²) in [5.74, 6) is -6.16. The number of amides is 1. The zero-order valence-electron chi connectivity index (χ0n) is 20.9. The summed E-state index contributed by atoms with van der Waals surface area (Å²) in [7, 11) is -4.02. The SMILES string of the molecule is CC(C)C(=O)CCC1(O)C2CCC1CC(S(=O)(=O)c1cc(C(=O)Nc3cc(F)c(F)c(F)c3)ccc1Cl)C2. The summed E-state index contributed by atoms with van der Waals surface area (Å²) in [6.45, 7) is 3.61. The molecule has 1 amide bonds. The quantitative estimate of drug-likeness (QED) is 0.395. The Balaban J connectivity index is 1.54. The fourth-order valence-electron chi connectivity index (χ4n) is 5.76. The predicted molar refractivity (Wildman–Crippen MR) is 136 cm³/mol. The maximum atomic E-state index is 13.7. The van der Waals surface area contributed by atoms with Gasteiger partial charge in [-0.1, -0.05) is 25.4 Å². The molecule has 2 fully saturated rings. The minimum atomic E-state index is -4.02. The molecule has 2 atom stereocenters. The molecule has 4 rings (SSSR count). The maximum Gasteiger partial charge on any atom is 0.255 e. The van der Waals surface area contributed by atoms with Crippen LogP contribution in [0.15, 0.2) is 35.2 Å². The van der Waals surface area contributed by atoms with E-state index >= 15 is 0 Å². The average Bonchev–Trinajstić information content (AvgIpc) is 3.01. The Morgan fingerprint density at radius 2 is 1.66 bits per heavy atom. The number of aliphatic hydroxyl groups is 1. The standard InChI is InChI=1S/C27H29ClF3NO5S/c1-14(2)23(33)7-8-27(35)16-4-5-17(27)11-19(10-16)38(36,37)24-9-15(3-6-20(24)28)26(34)32-18-12-21(29)25(31)22(30)13-18/h3,6,9,12-14,16-17,19,35H,4-5,7-8,10-11H2,1-2H3,(H,32,34). The van der Waals surface area contributed by atoms with Crippen molar-refractivity contribution >= 4 is 38.8 Å². The molecular weight excluding hydrogens is 543 g/mol. The number of carbonyl (C=O) groups excluding carboxylic acids is 2. The molecule has 38 heavy (non-hydrogen) atoms. The number of benzene rings is 2. The summed E-state index contributed by atoms with van der Waals surface area (Å²) in [6, 6.07) is 4.84. The molecule has 2 unspecified atom stereocenters. The van der Waals surface area contributed by atoms with Gasteiger partial charge in [0, 0.05) is 35.7 Å². The monoisotopic (exact) mass is 571 g/mol. The van der Waals surface area contributed by atoms with E-state index in [9.17, 15) is 36.3 Å². The van der Waals surface area contributed by atoms with E-state index in [0.717, 1.165) is 6.07 Å². The summed E-state index contributed by atoms with van der Waals surface area (Å²) in [6.07, 6.45) is 2.25. The third-order valence-electron chi connectivity index (χ3n) is 7.97. The first-order chi connectivity index (χ1) is 17.7. The van der Waals surface area contributed by atoms with E-state index in [4.69, 9.17) is 11.6 Å². The Bertz CT molecular complexity index is 1340. The van der Waals surface area contributed by atoms with Crippen molar-refractivity contribution < 1.29 is 36.3 Å². The van der Waals surface area contributed by atoms with Crippen molar-refractivity contribution in [2.45, 2.75) is 68.1 Å². The molecule has 0 spiro atoms. The third-order valence-corrected chi connectivity index (χ3v) is 10.6. The fourth-order valence-corrected chi connectivity index (χ4v) is 8.16. The van der Waals surface area contributed by atoms with Crippen LogP contribution in [0.5, 0.6) is 0 Å². The smallest absolute Gasteiger partial charge is 0.255 e. The number of Topliss-reactive ketones (excluding diaryl/α,β-unsaturated/α-hetero) is 1. The number of ketones is 1. The topological polar surface area (TPSA) is 101 Å². The first-order valence-electron chi connectivity index (χ1n) is 12.5. The van der Waals surface area contributed by atoms with E-state index in [1.165, 1.54) is 12.1 Å². The third kappa shape index (κ3) is 5.35. The summed E-state index contributed by atoms with van der Waals surface area (Å²) in [4.78, 5) is 24.6. The van der Waals surface area contributed by atoms with Crippen LogP contribution in [0.1, 0.15) is 62.7 Å². The van der Waals surface area contributed by atoms with Gasteiger partial charge >= 0.3 is 0 Å². The van der Waals surface area contributed by atoms with E-state index in [2.05, 4.69) is 5.32 Å².